The van der Waals surface area contributed by atoms with Crippen molar-refractivity contribution in [3.8, 4) is 5.75 Å². The average molecular weight is 285 g/mol. The molecule has 2 heteroatoms. The molecule has 2 N–H and O–H groups in total. The smallest absolute Gasteiger partial charge is 0.116 e. The lowest BCUT2D eigenvalue weighted by molar-refractivity contribution is -0.0226. The molecule has 1 radical (unpaired) electrons. The Morgan fingerprint density at radius 3 is 2.81 bits per heavy atom. The molecule has 2 saturated carbocycles. The highest BCUT2D eigenvalue weighted by Crippen LogP contribution is 2.61. The van der Waals surface area contributed by atoms with Crippen LogP contribution in [-0.4, -0.2) is 16.3 Å². The van der Waals surface area contributed by atoms with Crippen LogP contribution in [0.3, 0.4) is 0 Å². The zero-order valence-electron chi connectivity index (χ0n) is 12.8. The molecule has 1 aromatic rings. The van der Waals surface area contributed by atoms with Crippen LogP contribution in [0, 0.1) is 24.2 Å². The predicted molar refractivity (Wildman–Crippen MR) is 83.2 cm³/mol. The number of aliphatic hydroxyl groups excluding tert-OH is 1. The van der Waals surface area contributed by atoms with Crippen LogP contribution in [0.2, 0.25) is 0 Å². The van der Waals surface area contributed by atoms with E-state index in [0.717, 1.165) is 31.2 Å². The highest BCUT2D eigenvalue weighted by Gasteiger charge is 2.54. The molecule has 0 spiro atoms. The van der Waals surface area contributed by atoms with E-state index in [1.165, 1.54) is 24.0 Å². The zero-order valence-corrected chi connectivity index (χ0v) is 12.8. The summed E-state index contributed by atoms with van der Waals surface area (Å²) >= 11 is 0. The number of hydrogen-bond acceptors (Lipinski definition) is 2. The summed E-state index contributed by atoms with van der Waals surface area (Å²) < 4.78 is 0. The Bertz CT molecular complexity index is 579. The van der Waals surface area contributed by atoms with E-state index in [0.29, 0.717) is 23.5 Å². The van der Waals surface area contributed by atoms with E-state index in [1.807, 2.05) is 12.1 Å². The first kappa shape index (κ1) is 13.6. The van der Waals surface area contributed by atoms with Crippen molar-refractivity contribution in [1.82, 2.24) is 0 Å². The molecule has 0 aliphatic heterocycles. The van der Waals surface area contributed by atoms with Crippen molar-refractivity contribution in [3.63, 3.8) is 0 Å². The topological polar surface area (TPSA) is 40.5 Å². The summed E-state index contributed by atoms with van der Waals surface area (Å²) in [5, 5.41) is 20.2. The quantitative estimate of drug-likeness (QED) is 0.761. The molecule has 2 fully saturated rings. The highest BCUT2D eigenvalue weighted by molar-refractivity contribution is 5.47. The van der Waals surface area contributed by atoms with Gasteiger partial charge in [0.2, 0.25) is 0 Å². The summed E-state index contributed by atoms with van der Waals surface area (Å²) in [6.45, 7) is 6.50. The monoisotopic (exact) mass is 285 g/mol. The van der Waals surface area contributed by atoms with Crippen molar-refractivity contribution < 1.29 is 10.2 Å². The van der Waals surface area contributed by atoms with Gasteiger partial charge in [0.15, 0.2) is 0 Å². The first-order chi connectivity index (χ1) is 10.0. The van der Waals surface area contributed by atoms with Gasteiger partial charge in [0.25, 0.3) is 0 Å². The number of hydrogen-bond donors (Lipinski definition) is 2. The molecule has 3 aliphatic carbocycles. The first-order valence-electron chi connectivity index (χ1n) is 8.36. The number of aliphatic hydroxyl groups is 1. The van der Waals surface area contributed by atoms with Gasteiger partial charge in [-0.15, -0.1) is 0 Å². The van der Waals surface area contributed by atoms with Crippen molar-refractivity contribution >= 4 is 0 Å². The lowest BCUT2D eigenvalue weighted by Crippen LogP contribution is -2.44. The predicted octanol–water partition coefficient (Wildman–Crippen LogP) is 3.79. The van der Waals surface area contributed by atoms with Crippen molar-refractivity contribution in [2.24, 2.45) is 17.3 Å². The third-order valence-corrected chi connectivity index (χ3v) is 6.84. The number of fused-ring (bicyclic) bond motifs is 5. The molecule has 0 unspecified atom stereocenters. The summed E-state index contributed by atoms with van der Waals surface area (Å²) in [6.07, 6.45) is 6.59. The van der Waals surface area contributed by atoms with Crippen LogP contribution in [0.1, 0.15) is 61.6 Å². The number of phenols is 1. The Hall–Kier alpha value is -1.02. The Morgan fingerprint density at radius 1 is 1.19 bits per heavy atom. The second-order valence-electron chi connectivity index (χ2n) is 7.73. The fourth-order valence-electron chi connectivity index (χ4n) is 5.79. The normalized spacial score (nSPS) is 41.3. The van der Waals surface area contributed by atoms with Crippen molar-refractivity contribution in [1.29, 1.82) is 0 Å². The first-order valence-corrected chi connectivity index (χ1v) is 8.36. The second-order valence-corrected chi connectivity index (χ2v) is 7.73. The van der Waals surface area contributed by atoms with E-state index in [-0.39, 0.29) is 11.5 Å². The van der Waals surface area contributed by atoms with Gasteiger partial charge in [-0.05, 0) is 97.4 Å². The number of benzene rings is 1. The Balaban J connectivity index is 1.75. The summed E-state index contributed by atoms with van der Waals surface area (Å²) in [5.74, 6) is 2.30. The molecule has 0 amide bonds. The molecule has 0 aromatic heterocycles. The maximum Gasteiger partial charge on any atom is 0.116 e. The third-order valence-electron chi connectivity index (χ3n) is 6.84. The third kappa shape index (κ3) is 1.81. The van der Waals surface area contributed by atoms with E-state index < -0.39 is 0 Å². The molecule has 1 aromatic carbocycles. The van der Waals surface area contributed by atoms with Gasteiger partial charge in [-0.3, -0.25) is 0 Å². The average Bonchev–Trinajstić information content (AvgIpc) is 2.74. The number of aromatic hydroxyl groups is 1. The van der Waals surface area contributed by atoms with Crippen LogP contribution in [0.15, 0.2) is 12.1 Å². The lowest BCUT2D eigenvalue weighted by Gasteiger charge is -2.50. The largest absolute Gasteiger partial charge is 0.508 e. The van der Waals surface area contributed by atoms with Gasteiger partial charge in [0, 0.05) is 0 Å². The van der Waals surface area contributed by atoms with Crippen LogP contribution in [0.25, 0.3) is 0 Å². The number of aryl methyl sites for hydroxylation is 1. The maximum atomic E-state index is 10.4. The zero-order chi connectivity index (χ0) is 14.8. The minimum atomic E-state index is -0.108. The molecule has 0 bridgehead atoms. The van der Waals surface area contributed by atoms with E-state index in [4.69, 9.17) is 0 Å². The lowest BCUT2D eigenvalue weighted by atomic mass is 9.55. The van der Waals surface area contributed by atoms with E-state index >= 15 is 0 Å². The molecular formula is C19H25O2. The van der Waals surface area contributed by atoms with Gasteiger partial charge in [-0.25, -0.2) is 0 Å². The molecule has 21 heavy (non-hydrogen) atoms. The van der Waals surface area contributed by atoms with Gasteiger partial charge in [0.05, 0.1) is 6.10 Å². The fourth-order valence-corrected chi connectivity index (χ4v) is 5.79. The summed E-state index contributed by atoms with van der Waals surface area (Å²) in [7, 11) is 0. The molecule has 4 rings (SSSR count). The Kier molecular flexibility index (Phi) is 2.91. The molecule has 3 aliphatic rings. The van der Waals surface area contributed by atoms with Crippen molar-refractivity contribution in [3.05, 3.63) is 35.7 Å². The molecule has 5 atom stereocenters. The molecular weight excluding hydrogens is 260 g/mol. The summed E-state index contributed by atoms with van der Waals surface area (Å²) in [5.41, 5.74) is 3.87. The van der Waals surface area contributed by atoms with Gasteiger partial charge in [-0.1, -0.05) is 6.92 Å². The Labute approximate surface area is 127 Å². The van der Waals surface area contributed by atoms with Gasteiger partial charge < -0.3 is 10.2 Å². The van der Waals surface area contributed by atoms with Gasteiger partial charge >= 0.3 is 0 Å². The molecule has 0 heterocycles. The maximum absolute atomic E-state index is 10.4. The Morgan fingerprint density at radius 2 is 2.00 bits per heavy atom. The van der Waals surface area contributed by atoms with E-state index in [9.17, 15) is 10.2 Å². The van der Waals surface area contributed by atoms with Crippen LogP contribution >= 0.6 is 0 Å². The van der Waals surface area contributed by atoms with Crippen molar-refractivity contribution in [2.45, 2.75) is 57.5 Å². The van der Waals surface area contributed by atoms with Crippen LogP contribution < -0.4 is 0 Å². The highest BCUT2D eigenvalue weighted by atomic mass is 16.3. The molecule has 0 saturated heterocycles. The summed E-state index contributed by atoms with van der Waals surface area (Å²) in [4.78, 5) is 0. The van der Waals surface area contributed by atoms with Crippen molar-refractivity contribution in [2.75, 3.05) is 0 Å². The van der Waals surface area contributed by atoms with Crippen LogP contribution in [-0.2, 0) is 6.42 Å². The SMILES string of the molecule is [CH2]c1cc(O)cc2c1[C@H]1CC[C@]3(C)[C@H](O)CC[C@H]3[C@@H]1CC2. The van der Waals surface area contributed by atoms with Gasteiger partial charge in [-0.2, -0.15) is 0 Å². The van der Waals surface area contributed by atoms with Gasteiger partial charge in [0.1, 0.15) is 5.75 Å². The van der Waals surface area contributed by atoms with E-state index in [2.05, 4.69) is 13.8 Å². The minimum absolute atomic E-state index is 0.108. The van der Waals surface area contributed by atoms with Crippen LogP contribution in [0.5, 0.6) is 5.75 Å². The van der Waals surface area contributed by atoms with E-state index in [1.54, 1.807) is 0 Å². The summed E-state index contributed by atoms with van der Waals surface area (Å²) in [6, 6.07) is 3.76. The number of rotatable bonds is 0. The molecule has 2 nitrogen and oxygen atoms in total. The fraction of sp³-hybridized carbons (Fsp3) is 0.632. The molecule has 113 valence electrons. The second kappa shape index (κ2) is 4.49. The van der Waals surface area contributed by atoms with Crippen LogP contribution in [0.4, 0.5) is 0 Å². The minimum Gasteiger partial charge on any atom is -0.508 e. The standard InChI is InChI=1S/C19H25O2/c1-11-9-13(20)10-12-3-4-14-15(18(11)12)7-8-19(2)16(14)5-6-17(19)21/h9-10,14-17,20-21H,1,3-8H2,2H3/t14-,15+,16+,17-,19+/m1/s1. The number of phenolic OH excluding ortho intramolecular Hbond substituents is 1.